The van der Waals surface area contributed by atoms with Gasteiger partial charge in [-0.05, 0) is 49.9 Å². The lowest BCUT2D eigenvalue weighted by Crippen LogP contribution is -2.48. The van der Waals surface area contributed by atoms with Crippen LogP contribution in [0.1, 0.15) is 24.8 Å². The van der Waals surface area contributed by atoms with Crippen molar-refractivity contribution in [3.8, 4) is 11.1 Å². The van der Waals surface area contributed by atoms with Crippen LogP contribution in [-0.4, -0.2) is 43.8 Å². The van der Waals surface area contributed by atoms with Crippen molar-refractivity contribution in [1.29, 1.82) is 0 Å². The van der Waals surface area contributed by atoms with Crippen molar-refractivity contribution >= 4 is 27.6 Å². The van der Waals surface area contributed by atoms with E-state index in [4.69, 9.17) is 4.74 Å². The van der Waals surface area contributed by atoms with Crippen LogP contribution in [0.15, 0.2) is 83.8 Å². The number of sulfonamides is 1. The molecule has 8 heteroatoms. The first-order valence-corrected chi connectivity index (χ1v) is 13.0. The number of carbonyl (C=O) groups is 2. The fourth-order valence-electron chi connectivity index (χ4n) is 4.15. The number of hydrogen-bond acceptors (Lipinski definition) is 5. The molecule has 1 fully saturated rings. The summed E-state index contributed by atoms with van der Waals surface area (Å²) in [6.07, 6.45) is 1.71. The number of rotatable bonds is 7. The van der Waals surface area contributed by atoms with Crippen LogP contribution in [0.3, 0.4) is 0 Å². The number of anilines is 1. The van der Waals surface area contributed by atoms with Crippen molar-refractivity contribution in [2.45, 2.75) is 37.1 Å². The molecule has 0 bridgehead atoms. The molecule has 3 aromatic carbocycles. The summed E-state index contributed by atoms with van der Waals surface area (Å²) in [5.74, 6) is -1.21. The average Bonchev–Trinajstić information content (AvgIpc) is 2.88. The van der Waals surface area contributed by atoms with Gasteiger partial charge in [0.05, 0.1) is 4.90 Å². The summed E-state index contributed by atoms with van der Waals surface area (Å²) in [5, 5.41) is 2.79. The highest BCUT2D eigenvalue weighted by Gasteiger charge is 2.38. The number of benzene rings is 3. The van der Waals surface area contributed by atoms with E-state index in [9.17, 15) is 18.0 Å². The fraction of sp³-hybridized carbons (Fsp3) is 0.259. The van der Waals surface area contributed by atoms with E-state index in [1.54, 1.807) is 30.3 Å². The molecule has 1 aliphatic heterocycles. The summed E-state index contributed by atoms with van der Waals surface area (Å²) in [6.45, 7) is 1.60. The summed E-state index contributed by atoms with van der Waals surface area (Å²) in [7, 11) is -3.86. The molecule has 3 aromatic rings. The zero-order valence-electron chi connectivity index (χ0n) is 19.5. The maximum atomic E-state index is 13.2. The molecular formula is C27H28N2O5S. The van der Waals surface area contributed by atoms with E-state index in [0.29, 0.717) is 24.9 Å². The fourth-order valence-corrected chi connectivity index (χ4v) is 5.80. The maximum absolute atomic E-state index is 13.2. The van der Waals surface area contributed by atoms with Crippen LogP contribution in [0.2, 0.25) is 0 Å². The maximum Gasteiger partial charge on any atom is 0.324 e. The highest BCUT2D eigenvalue weighted by Crippen LogP contribution is 2.28. The van der Waals surface area contributed by atoms with E-state index in [0.717, 1.165) is 16.7 Å². The van der Waals surface area contributed by atoms with E-state index >= 15 is 0 Å². The number of esters is 1. The second-order valence-electron chi connectivity index (χ2n) is 8.51. The second kappa shape index (κ2) is 10.8. The molecular weight excluding hydrogens is 464 g/mol. The van der Waals surface area contributed by atoms with Crippen molar-refractivity contribution in [2.24, 2.45) is 0 Å². The molecule has 35 heavy (non-hydrogen) atoms. The summed E-state index contributed by atoms with van der Waals surface area (Å²) < 4.78 is 32.9. The van der Waals surface area contributed by atoms with Crippen LogP contribution >= 0.6 is 0 Å². The number of amides is 1. The normalized spacial score (nSPS) is 16.4. The first-order chi connectivity index (χ1) is 16.9. The molecule has 1 saturated heterocycles. The molecule has 0 spiro atoms. The number of piperidine rings is 1. The topological polar surface area (TPSA) is 92.8 Å². The standard InChI is InChI=1S/C27H28N2O5S/c1-20-14-16-22(17-15-20)35(32,33)29-18-8-7-13-25(29)27(31)34-19-26(30)28-24-12-6-5-11-23(24)21-9-3-2-4-10-21/h2-6,9-12,14-17,25H,7-8,13,18-19H2,1H3,(H,28,30). The van der Waals surface area contributed by atoms with Crippen molar-refractivity contribution in [3.63, 3.8) is 0 Å². The van der Waals surface area contributed by atoms with E-state index in [1.165, 1.54) is 4.31 Å². The first kappa shape index (κ1) is 24.6. The molecule has 4 rings (SSSR count). The van der Waals surface area contributed by atoms with Gasteiger partial charge in [-0.15, -0.1) is 0 Å². The molecule has 7 nitrogen and oxygen atoms in total. The minimum absolute atomic E-state index is 0.137. The van der Waals surface area contributed by atoms with Gasteiger partial charge in [0.2, 0.25) is 10.0 Å². The second-order valence-corrected chi connectivity index (χ2v) is 10.4. The molecule has 1 N–H and O–H groups in total. The van der Waals surface area contributed by atoms with E-state index in [2.05, 4.69) is 5.32 Å². The predicted molar refractivity (Wildman–Crippen MR) is 134 cm³/mol. The lowest BCUT2D eigenvalue weighted by Gasteiger charge is -2.33. The molecule has 1 amide bonds. The number of nitrogens with one attached hydrogen (secondary N) is 1. The molecule has 0 aromatic heterocycles. The van der Waals surface area contributed by atoms with Gasteiger partial charge in [0.1, 0.15) is 6.04 Å². The first-order valence-electron chi connectivity index (χ1n) is 11.6. The van der Waals surface area contributed by atoms with Gasteiger partial charge in [0.15, 0.2) is 6.61 Å². The van der Waals surface area contributed by atoms with Gasteiger partial charge in [-0.3, -0.25) is 9.59 Å². The number of aryl methyl sites for hydroxylation is 1. The van der Waals surface area contributed by atoms with Gasteiger partial charge >= 0.3 is 5.97 Å². The smallest absolute Gasteiger partial charge is 0.324 e. The zero-order valence-corrected chi connectivity index (χ0v) is 20.3. The third-order valence-electron chi connectivity index (χ3n) is 5.98. The van der Waals surface area contributed by atoms with E-state index < -0.39 is 34.5 Å². The number of ether oxygens (including phenoxy) is 1. The van der Waals surface area contributed by atoms with Gasteiger partial charge < -0.3 is 10.1 Å². The van der Waals surface area contributed by atoms with Crippen LogP contribution in [0.4, 0.5) is 5.69 Å². The summed E-state index contributed by atoms with van der Waals surface area (Å²) in [4.78, 5) is 25.6. The Morgan fingerprint density at radius 1 is 0.943 bits per heavy atom. The van der Waals surface area contributed by atoms with Crippen molar-refractivity contribution in [1.82, 2.24) is 4.31 Å². The minimum atomic E-state index is -3.86. The molecule has 1 atom stereocenters. The lowest BCUT2D eigenvalue weighted by atomic mass is 10.0. The Bertz CT molecular complexity index is 1290. The highest BCUT2D eigenvalue weighted by atomic mass is 32.2. The van der Waals surface area contributed by atoms with Gasteiger partial charge in [-0.1, -0.05) is 66.2 Å². The Kier molecular flexibility index (Phi) is 7.63. The molecule has 182 valence electrons. The predicted octanol–water partition coefficient (Wildman–Crippen LogP) is 4.39. The van der Waals surface area contributed by atoms with Gasteiger partial charge in [-0.2, -0.15) is 4.31 Å². The van der Waals surface area contributed by atoms with Crippen molar-refractivity contribution < 1.29 is 22.7 Å². The Morgan fingerprint density at radius 2 is 1.63 bits per heavy atom. The summed E-state index contributed by atoms with van der Waals surface area (Å²) in [6, 6.07) is 22.6. The molecule has 0 radical (unpaired) electrons. The number of para-hydroxylation sites is 1. The van der Waals surface area contributed by atoms with Crippen LogP contribution in [-0.2, 0) is 24.3 Å². The summed E-state index contributed by atoms with van der Waals surface area (Å²) in [5.41, 5.74) is 3.33. The molecule has 1 unspecified atom stereocenters. The number of nitrogens with zero attached hydrogens (tertiary/aromatic N) is 1. The number of hydrogen-bond donors (Lipinski definition) is 1. The molecule has 0 saturated carbocycles. The van der Waals surface area contributed by atoms with Crippen molar-refractivity contribution in [2.75, 3.05) is 18.5 Å². The molecule has 1 aliphatic rings. The highest BCUT2D eigenvalue weighted by molar-refractivity contribution is 7.89. The molecule has 0 aliphatic carbocycles. The van der Waals surface area contributed by atoms with Crippen LogP contribution < -0.4 is 5.32 Å². The number of carbonyl (C=O) groups excluding carboxylic acids is 2. The largest absolute Gasteiger partial charge is 0.454 e. The third kappa shape index (κ3) is 5.78. The summed E-state index contributed by atoms with van der Waals surface area (Å²) >= 11 is 0. The van der Waals surface area contributed by atoms with Crippen molar-refractivity contribution in [3.05, 3.63) is 84.4 Å². The van der Waals surface area contributed by atoms with Crippen LogP contribution in [0, 0.1) is 6.92 Å². The molecule has 1 heterocycles. The minimum Gasteiger partial charge on any atom is -0.454 e. The quantitative estimate of drug-likeness (QED) is 0.494. The van der Waals surface area contributed by atoms with E-state index in [-0.39, 0.29) is 11.4 Å². The van der Waals surface area contributed by atoms with E-state index in [1.807, 2.05) is 55.5 Å². The Hall–Kier alpha value is -3.49. The SMILES string of the molecule is Cc1ccc(S(=O)(=O)N2CCCCC2C(=O)OCC(=O)Nc2ccccc2-c2ccccc2)cc1. The average molecular weight is 493 g/mol. The van der Waals surface area contributed by atoms with Crippen LogP contribution in [0.5, 0.6) is 0 Å². The lowest BCUT2D eigenvalue weighted by molar-refractivity contribution is -0.152. The monoisotopic (exact) mass is 492 g/mol. The Balaban J connectivity index is 1.42. The Morgan fingerprint density at radius 3 is 2.37 bits per heavy atom. The van der Waals surface area contributed by atoms with Gasteiger partial charge in [0, 0.05) is 17.8 Å². The third-order valence-corrected chi connectivity index (χ3v) is 7.91. The van der Waals surface area contributed by atoms with Crippen LogP contribution in [0.25, 0.3) is 11.1 Å². The zero-order chi connectivity index (χ0) is 24.8. The Labute approximate surface area is 205 Å². The van der Waals surface area contributed by atoms with Gasteiger partial charge in [-0.25, -0.2) is 8.42 Å². The van der Waals surface area contributed by atoms with Gasteiger partial charge in [0.25, 0.3) is 5.91 Å².